The van der Waals surface area contributed by atoms with Crippen LogP contribution in [0.15, 0.2) is 29.6 Å². The van der Waals surface area contributed by atoms with Crippen LogP contribution in [-0.2, 0) is 4.79 Å². The molecule has 3 heterocycles. The van der Waals surface area contributed by atoms with Gasteiger partial charge in [-0.1, -0.05) is 17.7 Å². The summed E-state index contributed by atoms with van der Waals surface area (Å²) in [6.07, 6.45) is 1.43. The van der Waals surface area contributed by atoms with Crippen LogP contribution < -0.4 is 20.1 Å². The second-order valence-corrected chi connectivity index (χ2v) is 9.72. The van der Waals surface area contributed by atoms with Gasteiger partial charge in [-0.2, -0.15) is 0 Å². The predicted molar refractivity (Wildman–Crippen MR) is 114 cm³/mol. The number of carbonyl (C=O) groups is 1. The molecule has 1 saturated heterocycles. The molecule has 2 N–H and O–H groups in total. The molecule has 2 aliphatic rings. The molecule has 0 bridgehead atoms. The Balaban J connectivity index is 1.82. The number of fused-ring (bicyclic) bond motifs is 1. The van der Waals surface area contributed by atoms with Crippen molar-refractivity contribution >= 4 is 46.2 Å². The molecule has 0 aliphatic carbocycles. The zero-order chi connectivity index (χ0) is 20.1. The van der Waals surface area contributed by atoms with E-state index in [-0.39, 0.29) is 11.5 Å². The number of hydrogen-bond donors (Lipinski definition) is 2. The van der Waals surface area contributed by atoms with Crippen LogP contribution in [0.5, 0.6) is 11.5 Å². The maximum Gasteiger partial charge on any atom is 0.308 e. The molecule has 148 valence electrons. The SMILES string of the molecule is CC(=O)Oc1cc2c(cc1Cl)[C@H](c1cccs1)C[C@@]1(CC(C)(C)NC(=S)N1)O2. The third kappa shape index (κ3) is 3.71. The Morgan fingerprint density at radius 3 is 2.82 bits per heavy atom. The van der Waals surface area contributed by atoms with E-state index in [0.29, 0.717) is 28.1 Å². The molecule has 28 heavy (non-hydrogen) atoms. The first-order valence-corrected chi connectivity index (χ1v) is 10.7. The highest BCUT2D eigenvalue weighted by Crippen LogP contribution is 2.50. The Morgan fingerprint density at radius 2 is 2.18 bits per heavy atom. The van der Waals surface area contributed by atoms with Crippen LogP contribution in [-0.4, -0.2) is 22.3 Å². The van der Waals surface area contributed by atoms with Crippen LogP contribution >= 0.6 is 35.2 Å². The highest BCUT2D eigenvalue weighted by molar-refractivity contribution is 7.80. The summed E-state index contributed by atoms with van der Waals surface area (Å²) < 4.78 is 11.8. The average molecular weight is 437 g/mol. The van der Waals surface area contributed by atoms with Gasteiger partial charge in [-0.3, -0.25) is 4.79 Å². The molecular weight excluding hydrogens is 416 g/mol. The fourth-order valence-electron chi connectivity index (χ4n) is 4.11. The van der Waals surface area contributed by atoms with E-state index in [1.165, 1.54) is 11.8 Å². The molecule has 1 aromatic carbocycles. The van der Waals surface area contributed by atoms with E-state index in [2.05, 4.69) is 35.9 Å². The van der Waals surface area contributed by atoms with Crippen LogP contribution in [0.1, 0.15) is 50.0 Å². The zero-order valence-electron chi connectivity index (χ0n) is 15.8. The highest BCUT2D eigenvalue weighted by Gasteiger charge is 2.49. The topological polar surface area (TPSA) is 59.6 Å². The Hall–Kier alpha value is -1.83. The van der Waals surface area contributed by atoms with E-state index in [1.807, 2.05) is 12.1 Å². The molecule has 1 fully saturated rings. The van der Waals surface area contributed by atoms with Gasteiger partial charge in [0.2, 0.25) is 0 Å². The summed E-state index contributed by atoms with van der Waals surface area (Å²) in [5, 5.41) is 9.68. The number of carbonyl (C=O) groups excluding carboxylic acids is 1. The molecule has 4 rings (SSSR count). The fourth-order valence-corrected chi connectivity index (χ4v) is 5.63. The number of halogens is 1. The number of ether oxygens (including phenoxy) is 2. The molecule has 1 spiro atoms. The molecule has 8 heteroatoms. The van der Waals surface area contributed by atoms with Gasteiger partial charge >= 0.3 is 5.97 Å². The average Bonchev–Trinajstić information content (AvgIpc) is 3.07. The van der Waals surface area contributed by atoms with Gasteiger partial charge in [-0.05, 0) is 43.6 Å². The summed E-state index contributed by atoms with van der Waals surface area (Å²) in [4.78, 5) is 12.7. The number of thiophene rings is 1. The summed E-state index contributed by atoms with van der Waals surface area (Å²) in [7, 11) is 0. The Bertz CT molecular complexity index is 945. The quantitative estimate of drug-likeness (QED) is 0.408. The lowest BCUT2D eigenvalue weighted by molar-refractivity contribution is -0.131. The van der Waals surface area contributed by atoms with Gasteiger partial charge in [0.25, 0.3) is 0 Å². The van der Waals surface area contributed by atoms with Crippen molar-refractivity contribution in [3.05, 3.63) is 45.1 Å². The molecule has 0 unspecified atom stereocenters. The van der Waals surface area contributed by atoms with Crippen molar-refractivity contribution in [2.24, 2.45) is 0 Å². The summed E-state index contributed by atoms with van der Waals surface area (Å²) in [5.41, 5.74) is 0.109. The van der Waals surface area contributed by atoms with Crippen LogP contribution in [0.2, 0.25) is 5.02 Å². The number of nitrogens with one attached hydrogen (secondary N) is 2. The van der Waals surface area contributed by atoms with Crippen molar-refractivity contribution in [3.8, 4) is 11.5 Å². The van der Waals surface area contributed by atoms with Crippen molar-refractivity contribution in [1.29, 1.82) is 0 Å². The first-order chi connectivity index (χ1) is 13.2. The van der Waals surface area contributed by atoms with Gasteiger partial charge in [0, 0.05) is 47.7 Å². The molecule has 2 atom stereocenters. The standard InChI is InChI=1S/C20H21ClN2O3S2/c1-11(24)25-16-8-15-12(7-14(16)21)13(17-5-4-6-28-17)9-20(26-15)10-19(2,3)22-18(27)23-20/h4-8,13H,9-10H2,1-3H3,(H2,22,23,27)/t13-,20+/m1/s1. The summed E-state index contributed by atoms with van der Waals surface area (Å²) in [6.45, 7) is 5.56. The number of esters is 1. The van der Waals surface area contributed by atoms with Crippen LogP contribution in [0, 0.1) is 0 Å². The number of benzene rings is 1. The largest absolute Gasteiger partial charge is 0.468 e. The summed E-state index contributed by atoms with van der Waals surface area (Å²) in [5.74, 6) is 0.616. The molecule has 0 saturated carbocycles. The lowest BCUT2D eigenvalue weighted by atomic mass is 9.79. The van der Waals surface area contributed by atoms with E-state index in [1.54, 1.807) is 17.4 Å². The smallest absolute Gasteiger partial charge is 0.308 e. The summed E-state index contributed by atoms with van der Waals surface area (Å²) >= 11 is 13.6. The lowest BCUT2D eigenvalue weighted by Crippen LogP contribution is -2.69. The van der Waals surface area contributed by atoms with E-state index in [0.717, 1.165) is 12.0 Å². The van der Waals surface area contributed by atoms with Crippen molar-refractivity contribution in [1.82, 2.24) is 10.6 Å². The molecule has 0 amide bonds. The number of hydrogen-bond acceptors (Lipinski definition) is 5. The lowest BCUT2D eigenvalue weighted by Gasteiger charge is -2.50. The molecule has 1 aromatic heterocycles. The minimum absolute atomic E-state index is 0.0943. The van der Waals surface area contributed by atoms with E-state index < -0.39 is 11.7 Å². The number of rotatable bonds is 2. The van der Waals surface area contributed by atoms with Crippen LogP contribution in [0.25, 0.3) is 0 Å². The van der Waals surface area contributed by atoms with Crippen molar-refractivity contribution < 1.29 is 14.3 Å². The predicted octanol–water partition coefficient (Wildman–Crippen LogP) is 4.58. The molecule has 2 aromatic rings. The fraction of sp³-hybridized carbons (Fsp3) is 0.400. The van der Waals surface area contributed by atoms with E-state index in [9.17, 15) is 4.79 Å². The molecule has 5 nitrogen and oxygen atoms in total. The van der Waals surface area contributed by atoms with Gasteiger partial charge in [-0.25, -0.2) is 0 Å². The second-order valence-electron chi connectivity index (χ2n) is 7.92. The Labute approximate surface area is 178 Å². The Morgan fingerprint density at radius 1 is 1.39 bits per heavy atom. The maximum absolute atomic E-state index is 11.5. The van der Waals surface area contributed by atoms with Gasteiger partial charge in [0.05, 0.1) is 5.02 Å². The van der Waals surface area contributed by atoms with Gasteiger partial charge in [0.15, 0.2) is 16.6 Å². The minimum Gasteiger partial charge on any atom is -0.468 e. The van der Waals surface area contributed by atoms with E-state index in [4.69, 9.17) is 33.3 Å². The third-order valence-corrected chi connectivity index (χ3v) is 6.43. The monoisotopic (exact) mass is 436 g/mol. The molecule has 0 radical (unpaired) electrons. The van der Waals surface area contributed by atoms with Crippen LogP contribution in [0.4, 0.5) is 0 Å². The first kappa shape index (κ1) is 19.5. The van der Waals surface area contributed by atoms with Gasteiger partial charge in [0.1, 0.15) is 5.75 Å². The second kappa shape index (κ2) is 6.90. The highest BCUT2D eigenvalue weighted by atomic mass is 35.5. The third-order valence-electron chi connectivity index (χ3n) is 4.94. The minimum atomic E-state index is -0.658. The van der Waals surface area contributed by atoms with Crippen molar-refractivity contribution in [2.75, 3.05) is 0 Å². The van der Waals surface area contributed by atoms with Crippen LogP contribution in [0.3, 0.4) is 0 Å². The van der Waals surface area contributed by atoms with Gasteiger partial charge < -0.3 is 20.1 Å². The van der Waals surface area contributed by atoms with Crippen molar-refractivity contribution in [3.63, 3.8) is 0 Å². The molecular formula is C20H21ClN2O3S2. The van der Waals surface area contributed by atoms with E-state index >= 15 is 0 Å². The summed E-state index contributed by atoms with van der Waals surface area (Å²) in [6, 6.07) is 7.72. The first-order valence-electron chi connectivity index (χ1n) is 9.01. The zero-order valence-corrected chi connectivity index (χ0v) is 18.2. The molecule has 2 aliphatic heterocycles. The van der Waals surface area contributed by atoms with Gasteiger partial charge in [-0.15, -0.1) is 11.3 Å². The number of thiocarbonyl (C=S) groups is 1. The maximum atomic E-state index is 11.5. The Kier molecular flexibility index (Phi) is 4.80. The van der Waals surface area contributed by atoms with Crippen molar-refractivity contribution in [2.45, 2.75) is 50.8 Å². The normalized spacial score (nSPS) is 25.3.